The van der Waals surface area contributed by atoms with Gasteiger partial charge in [-0.25, -0.2) is 13.2 Å². The molecule has 1 aliphatic heterocycles. The van der Waals surface area contributed by atoms with E-state index in [1.165, 1.54) is 23.1 Å². The maximum Gasteiger partial charge on any atom is 0.320 e. The maximum atomic E-state index is 12.9. The Morgan fingerprint density at radius 3 is 2.49 bits per heavy atom. The molecule has 6 N–H and O–H groups in total. The van der Waals surface area contributed by atoms with Crippen molar-refractivity contribution < 1.29 is 27.9 Å². The average Bonchev–Trinajstić information content (AvgIpc) is 2.83. The van der Waals surface area contributed by atoms with Gasteiger partial charge in [0.15, 0.2) is 5.75 Å². The number of urea groups is 1. The van der Waals surface area contributed by atoms with Crippen LogP contribution in [0.4, 0.5) is 10.5 Å². The van der Waals surface area contributed by atoms with Crippen molar-refractivity contribution in [2.75, 3.05) is 29.7 Å². The van der Waals surface area contributed by atoms with Crippen molar-refractivity contribution in [3.05, 3.63) is 64.7 Å². The van der Waals surface area contributed by atoms with E-state index in [4.69, 9.17) is 38.3 Å². The zero-order valence-electron chi connectivity index (χ0n) is 19.8. The Balaban J connectivity index is 1.80. The van der Waals surface area contributed by atoms with Crippen LogP contribution in [-0.4, -0.2) is 67.8 Å². The highest BCUT2D eigenvalue weighted by molar-refractivity contribution is 7.93. The summed E-state index contributed by atoms with van der Waals surface area (Å²) in [5.74, 6) is -2.35. The molecule has 2 amide bonds. The number of piperidine rings is 1. The van der Waals surface area contributed by atoms with E-state index in [1.54, 1.807) is 36.4 Å². The first kappa shape index (κ1) is 27.8. The lowest BCUT2D eigenvalue weighted by Crippen LogP contribution is -2.44. The molecule has 13 heteroatoms. The molecule has 198 valence electrons. The molecule has 2 aromatic rings. The molecule has 1 heterocycles. The summed E-state index contributed by atoms with van der Waals surface area (Å²) in [4.78, 5) is 24.0. The second-order valence-corrected chi connectivity index (χ2v) is 10.7. The molecule has 0 aromatic heterocycles. The van der Waals surface area contributed by atoms with E-state index < -0.39 is 27.8 Å². The molecule has 0 unspecified atom stereocenters. The lowest BCUT2D eigenvalue weighted by Gasteiger charge is -2.31. The summed E-state index contributed by atoms with van der Waals surface area (Å²) < 4.78 is 32.7. The van der Waals surface area contributed by atoms with Gasteiger partial charge in [0.05, 0.1) is 17.3 Å². The third-order valence-corrected chi connectivity index (χ3v) is 7.61. The average molecular weight is 550 g/mol. The lowest BCUT2D eigenvalue weighted by atomic mass is 10.1. The molecule has 0 saturated carbocycles. The summed E-state index contributed by atoms with van der Waals surface area (Å²) in [6, 6.07) is 10.8. The first-order chi connectivity index (χ1) is 17.5. The van der Waals surface area contributed by atoms with Gasteiger partial charge in [-0.15, -0.1) is 0 Å². The number of nitrogens with zero attached hydrogens (tertiary/aromatic N) is 2. The molecule has 0 spiro atoms. The number of carboxylic acids is 1. The van der Waals surface area contributed by atoms with E-state index in [0.717, 1.165) is 4.31 Å². The smallest absolute Gasteiger partial charge is 0.320 e. The SMILES string of the molecule is N=C(N)c1cccc(C=CCN(c2ccc(OC3CCN(C(N)=O)CC3)c(Cl)c2)S(=O)(=O)CC(=O)O)c1. The van der Waals surface area contributed by atoms with Gasteiger partial charge in [-0.05, 0) is 29.8 Å². The Hall–Kier alpha value is -3.77. The largest absolute Gasteiger partial charge is 0.489 e. The van der Waals surface area contributed by atoms with Gasteiger partial charge in [0, 0.05) is 31.5 Å². The Morgan fingerprint density at radius 1 is 1.19 bits per heavy atom. The van der Waals surface area contributed by atoms with E-state index >= 15 is 0 Å². The minimum atomic E-state index is -4.24. The predicted molar refractivity (Wildman–Crippen MR) is 142 cm³/mol. The predicted octanol–water partition coefficient (Wildman–Crippen LogP) is 2.48. The van der Waals surface area contributed by atoms with Crippen LogP contribution in [0.5, 0.6) is 5.75 Å². The highest BCUT2D eigenvalue weighted by atomic mass is 35.5. The highest BCUT2D eigenvalue weighted by Gasteiger charge is 2.27. The second-order valence-electron chi connectivity index (χ2n) is 8.38. The van der Waals surface area contributed by atoms with Crippen LogP contribution in [0.15, 0.2) is 48.5 Å². The second kappa shape index (κ2) is 12.0. The van der Waals surface area contributed by atoms with E-state index in [2.05, 4.69) is 0 Å². The van der Waals surface area contributed by atoms with Gasteiger partial charge >= 0.3 is 12.0 Å². The monoisotopic (exact) mass is 549 g/mol. The number of nitrogens with one attached hydrogen (secondary N) is 1. The number of ether oxygens (including phenoxy) is 1. The number of hydrogen-bond acceptors (Lipinski definition) is 6. The van der Waals surface area contributed by atoms with Crippen molar-refractivity contribution >= 4 is 51.2 Å². The van der Waals surface area contributed by atoms with Gasteiger partial charge in [-0.2, -0.15) is 0 Å². The van der Waals surface area contributed by atoms with Crippen molar-refractivity contribution in [3.8, 4) is 5.75 Å². The normalized spacial score (nSPS) is 14.5. The van der Waals surface area contributed by atoms with Crippen LogP contribution in [0.1, 0.15) is 24.0 Å². The van der Waals surface area contributed by atoms with Gasteiger partial charge < -0.3 is 26.2 Å². The topological polar surface area (TPSA) is 180 Å². The number of halogens is 1. The van der Waals surface area contributed by atoms with E-state index in [-0.39, 0.29) is 29.2 Å². The molecule has 1 fully saturated rings. The van der Waals surface area contributed by atoms with Crippen molar-refractivity contribution in [2.24, 2.45) is 11.5 Å². The number of amidine groups is 1. The molecule has 0 radical (unpaired) electrons. The maximum absolute atomic E-state index is 12.9. The van der Waals surface area contributed by atoms with E-state index in [9.17, 15) is 18.0 Å². The van der Waals surface area contributed by atoms with Gasteiger partial charge in [0.25, 0.3) is 0 Å². The fraction of sp³-hybridized carbons (Fsp3) is 0.292. The summed E-state index contributed by atoms with van der Waals surface area (Å²) >= 11 is 6.41. The zero-order valence-corrected chi connectivity index (χ0v) is 21.4. The van der Waals surface area contributed by atoms with E-state index in [0.29, 0.717) is 42.8 Å². The van der Waals surface area contributed by atoms with Crippen LogP contribution >= 0.6 is 11.6 Å². The fourth-order valence-electron chi connectivity index (χ4n) is 3.82. The molecule has 0 atom stereocenters. The van der Waals surface area contributed by atoms with Crippen LogP contribution in [-0.2, 0) is 14.8 Å². The number of carbonyl (C=O) groups is 2. The number of benzene rings is 2. The number of carboxylic acid groups (broad SMARTS) is 1. The highest BCUT2D eigenvalue weighted by Crippen LogP contribution is 2.32. The summed E-state index contributed by atoms with van der Waals surface area (Å²) in [6.45, 7) is 0.749. The molecule has 37 heavy (non-hydrogen) atoms. The number of aliphatic carboxylic acids is 1. The molecule has 0 aliphatic carbocycles. The first-order valence-electron chi connectivity index (χ1n) is 11.3. The molecular formula is C24H28ClN5O6S. The Kier molecular flexibility index (Phi) is 9.00. The summed E-state index contributed by atoms with van der Waals surface area (Å²) in [5.41, 5.74) is 12.2. The van der Waals surface area contributed by atoms with Crippen molar-refractivity contribution in [1.29, 1.82) is 5.41 Å². The number of hydrogen-bond donors (Lipinski definition) is 4. The molecule has 2 aromatic carbocycles. The van der Waals surface area contributed by atoms with Gasteiger partial charge in [0.2, 0.25) is 10.0 Å². The van der Waals surface area contributed by atoms with Crippen molar-refractivity contribution in [2.45, 2.75) is 18.9 Å². The minimum absolute atomic E-state index is 0.101. The van der Waals surface area contributed by atoms with Crippen LogP contribution in [0.3, 0.4) is 0 Å². The zero-order chi connectivity index (χ0) is 27.2. The number of carbonyl (C=O) groups excluding carboxylic acids is 1. The standard InChI is InChI=1S/C24H28ClN5O6S/c25-20-14-18(6-7-21(20)36-19-8-11-29(12-9-19)24(28)33)30(37(34,35)15-22(31)32)10-2-4-16-3-1-5-17(13-16)23(26)27/h1-7,13-14,19H,8-12,15H2,(H3,26,27)(H2,28,33)(H,31,32). The Bertz CT molecular complexity index is 1310. The van der Waals surface area contributed by atoms with Crippen molar-refractivity contribution in [3.63, 3.8) is 0 Å². The molecule has 11 nitrogen and oxygen atoms in total. The molecule has 1 aliphatic rings. The third kappa shape index (κ3) is 7.61. The quantitative estimate of drug-likeness (QED) is 0.259. The molecule has 1 saturated heterocycles. The van der Waals surface area contributed by atoms with Crippen LogP contribution < -0.4 is 20.5 Å². The summed E-state index contributed by atoms with van der Waals surface area (Å²) in [7, 11) is -4.24. The molecule has 3 rings (SSSR count). The Labute approximate surface area is 219 Å². The van der Waals surface area contributed by atoms with Crippen LogP contribution in [0, 0.1) is 5.41 Å². The van der Waals surface area contributed by atoms with Gasteiger partial charge in [-0.1, -0.05) is 42.0 Å². The number of sulfonamides is 1. The number of anilines is 1. The number of nitrogens with two attached hydrogens (primary N) is 2. The first-order valence-corrected chi connectivity index (χ1v) is 13.3. The number of likely N-dealkylation sites (tertiary alicyclic amines) is 1. The van der Waals surface area contributed by atoms with Crippen LogP contribution in [0.2, 0.25) is 5.02 Å². The number of nitrogen functional groups attached to an aromatic ring is 1. The van der Waals surface area contributed by atoms with Crippen molar-refractivity contribution in [1.82, 2.24) is 4.90 Å². The lowest BCUT2D eigenvalue weighted by molar-refractivity contribution is -0.134. The Morgan fingerprint density at radius 2 is 1.89 bits per heavy atom. The van der Waals surface area contributed by atoms with Crippen LogP contribution in [0.25, 0.3) is 6.08 Å². The summed E-state index contributed by atoms with van der Waals surface area (Å²) in [5, 5.41) is 16.8. The number of rotatable bonds is 10. The summed E-state index contributed by atoms with van der Waals surface area (Å²) in [6.07, 6.45) is 4.14. The number of primary amides is 1. The third-order valence-electron chi connectivity index (χ3n) is 5.67. The molecule has 0 bridgehead atoms. The number of amides is 2. The molecular weight excluding hydrogens is 522 g/mol. The van der Waals surface area contributed by atoms with Gasteiger partial charge in [0.1, 0.15) is 17.7 Å². The fourth-order valence-corrected chi connectivity index (χ4v) is 5.26. The minimum Gasteiger partial charge on any atom is -0.489 e. The van der Waals surface area contributed by atoms with E-state index in [1.807, 2.05) is 0 Å². The van der Waals surface area contributed by atoms with Gasteiger partial charge in [-0.3, -0.25) is 14.5 Å².